The quantitative estimate of drug-likeness (QED) is 0.420. The van der Waals surface area contributed by atoms with Gasteiger partial charge in [-0.2, -0.15) is 0 Å². The Bertz CT molecular complexity index is 388. The van der Waals surface area contributed by atoms with E-state index in [1.807, 2.05) is 0 Å². The predicted octanol–water partition coefficient (Wildman–Crippen LogP) is 1.50. The summed E-state index contributed by atoms with van der Waals surface area (Å²) in [6.45, 7) is 5.38. The van der Waals surface area contributed by atoms with Gasteiger partial charge in [-0.1, -0.05) is 6.08 Å². The lowest BCUT2D eigenvalue weighted by Gasteiger charge is -2.15. The molecule has 0 fully saturated rings. The van der Waals surface area contributed by atoms with Gasteiger partial charge in [0.15, 0.2) is 7.49 Å². The SMILES string of the molecule is COC(=O)/C=C/CCC(NC(=O)O[P+](C)(C)C)C(=O)O. The number of allylic oxidation sites excluding steroid dienone is 1. The lowest BCUT2D eigenvalue weighted by molar-refractivity contribution is -0.139. The number of carbonyl (C=O) groups is 3. The van der Waals surface area contributed by atoms with Crippen molar-refractivity contribution in [1.29, 1.82) is 0 Å². The van der Waals surface area contributed by atoms with Gasteiger partial charge in [0.25, 0.3) is 0 Å². The molecule has 0 aliphatic heterocycles. The van der Waals surface area contributed by atoms with Gasteiger partial charge < -0.3 is 15.2 Å². The van der Waals surface area contributed by atoms with Crippen molar-refractivity contribution in [3.05, 3.63) is 12.2 Å². The van der Waals surface area contributed by atoms with Crippen molar-refractivity contribution >= 4 is 25.5 Å². The first-order valence-electron chi connectivity index (χ1n) is 5.94. The lowest BCUT2D eigenvalue weighted by Crippen LogP contribution is -2.40. The topological polar surface area (TPSA) is 102 Å². The van der Waals surface area contributed by atoms with Gasteiger partial charge in [0, 0.05) is 6.08 Å². The van der Waals surface area contributed by atoms with E-state index in [0.29, 0.717) is 6.42 Å². The minimum absolute atomic E-state index is 0.153. The third kappa shape index (κ3) is 9.33. The highest BCUT2D eigenvalue weighted by atomic mass is 31.2. The summed E-state index contributed by atoms with van der Waals surface area (Å²) in [5, 5.41) is 11.3. The maximum atomic E-state index is 11.5. The number of methoxy groups -OCH3 is 1. The first-order valence-corrected chi connectivity index (χ1v) is 8.99. The Morgan fingerprint density at radius 1 is 1.30 bits per heavy atom. The van der Waals surface area contributed by atoms with E-state index in [9.17, 15) is 14.4 Å². The number of carbonyl (C=O) groups excluding carboxylic acids is 2. The first kappa shape index (κ1) is 18.4. The van der Waals surface area contributed by atoms with E-state index in [2.05, 4.69) is 10.1 Å². The maximum absolute atomic E-state index is 11.5. The van der Waals surface area contributed by atoms with Crippen molar-refractivity contribution in [3.8, 4) is 0 Å². The number of rotatable bonds is 7. The first-order chi connectivity index (χ1) is 9.15. The van der Waals surface area contributed by atoms with Gasteiger partial charge in [-0.25, -0.2) is 14.4 Å². The number of esters is 1. The van der Waals surface area contributed by atoms with Crippen LogP contribution >= 0.6 is 7.49 Å². The van der Waals surface area contributed by atoms with Crippen molar-refractivity contribution < 1.29 is 28.8 Å². The van der Waals surface area contributed by atoms with Crippen molar-refractivity contribution in [1.82, 2.24) is 5.32 Å². The van der Waals surface area contributed by atoms with Crippen LogP contribution < -0.4 is 5.32 Å². The number of hydrogen-bond acceptors (Lipinski definition) is 5. The van der Waals surface area contributed by atoms with Crippen LogP contribution in [0.15, 0.2) is 12.2 Å². The number of hydrogen-bond donors (Lipinski definition) is 2. The van der Waals surface area contributed by atoms with Crippen molar-refractivity contribution in [2.75, 3.05) is 27.1 Å². The zero-order chi connectivity index (χ0) is 15.8. The normalized spacial score (nSPS) is 12.8. The Labute approximate surface area is 118 Å². The van der Waals surface area contributed by atoms with Crippen molar-refractivity contribution in [2.45, 2.75) is 18.9 Å². The van der Waals surface area contributed by atoms with Crippen LogP contribution in [-0.2, 0) is 18.8 Å². The summed E-state index contributed by atoms with van der Waals surface area (Å²) in [5.41, 5.74) is 0. The molecule has 0 saturated heterocycles. The van der Waals surface area contributed by atoms with Crippen molar-refractivity contribution in [2.24, 2.45) is 0 Å². The molecule has 20 heavy (non-hydrogen) atoms. The van der Waals surface area contributed by atoms with Crippen LogP contribution in [0.3, 0.4) is 0 Å². The predicted molar refractivity (Wildman–Crippen MR) is 76.1 cm³/mol. The van der Waals surface area contributed by atoms with E-state index in [4.69, 9.17) is 9.63 Å². The highest BCUT2D eigenvalue weighted by Crippen LogP contribution is 2.47. The summed E-state index contributed by atoms with van der Waals surface area (Å²) in [4.78, 5) is 33.3. The molecule has 0 saturated carbocycles. The Hall–Kier alpha value is -1.62. The Kier molecular flexibility index (Phi) is 7.84. The van der Waals surface area contributed by atoms with Gasteiger partial charge in [0.2, 0.25) is 0 Å². The molecular formula is C12H21NO6P+. The third-order valence-electron chi connectivity index (χ3n) is 2.02. The molecule has 0 radical (unpaired) electrons. The molecule has 0 spiro atoms. The second kappa shape index (κ2) is 8.53. The smallest absolute Gasteiger partial charge is 0.445 e. The fraction of sp³-hybridized carbons (Fsp3) is 0.583. The molecule has 1 amide bonds. The number of ether oxygens (including phenoxy) is 1. The van der Waals surface area contributed by atoms with Gasteiger partial charge in [0.05, 0.1) is 27.1 Å². The monoisotopic (exact) mass is 306 g/mol. The molecule has 0 aromatic carbocycles. The minimum atomic E-state index is -1.79. The summed E-state index contributed by atoms with van der Waals surface area (Å²) < 4.78 is 9.48. The molecule has 0 aromatic heterocycles. The van der Waals surface area contributed by atoms with E-state index in [1.54, 1.807) is 20.0 Å². The van der Waals surface area contributed by atoms with E-state index in [1.165, 1.54) is 19.3 Å². The van der Waals surface area contributed by atoms with Crippen LogP contribution in [0.4, 0.5) is 4.79 Å². The van der Waals surface area contributed by atoms with Gasteiger partial charge >= 0.3 is 18.0 Å². The van der Waals surface area contributed by atoms with Gasteiger partial charge in [-0.15, -0.1) is 0 Å². The number of aliphatic carboxylic acids is 1. The zero-order valence-corrected chi connectivity index (χ0v) is 13.0. The molecule has 1 atom stereocenters. The summed E-state index contributed by atoms with van der Waals surface area (Å²) in [6, 6.07) is -1.06. The summed E-state index contributed by atoms with van der Waals surface area (Å²) in [6.07, 6.45) is 2.43. The van der Waals surface area contributed by atoms with Crippen LogP contribution in [0.25, 0.3) is 0 Å². The fourth-order valence-electron chi connectivity index (χ4n) is 1.19. The van der Waals surface area contributed by atoms with Crippen LogP contribution in [0, 0.1) is 0 Å². The molecular weight excluding hydrogens is 285 g/mol. The lowest BCUT2D eigenvalue weighted by atomic mass is 10.1. The Morgan fingerprint density at radius 3 is 2.35 bits per heavy atom. The zero-order valence-electron chi connectivity index (χ0n) is 12.1. The molecule has 0 aliphatic carbocycles. The van der Waals surface area contributed by atoms with E-state index < -0.39 is 31.6 Å². The standard InChI is InChI=1S/C12H20NO6P/c1-18-10(14)8-6-5-7-9(11(15)16)13-12(17)19-20(2,3)4/h6,8-9H,5,7H2,1-4H3,(H-,13,15,16,17)/p+1/b8-6+. The van der Waals surface area contributed by atoms with Crippen LogP contribution in [0.5, 0.6) is 0 Å². The number of amides is 1. The van der Waals surface area contributed by atoms with Gasteiger partial charge in [-0.05, 0) is 12.8 Å². The third-order valence-corrected chi connectivity index (χ3v) is 2.74. The molecule has 114 valence electrons. The van der Waals surface area contributed by atoms with Crippen LogP contribution in [-0.4, -0.2) is 56.3 Å². The highest BCUT2D eigenvalue weighted by molar-refractivity contribution is 7.69. The molecule has 7 nitrogen and oxygen atoms in total. The summed E-state index contributed by atoms with van der Waals surface area (Å²) in [7, 11) is -0.537. The number of carboxylic acids is 1. The Balaban J connectivity index is 4.31. The summed E-state index contributed by atoms with van der Waals surface area (Å²) in [5.74, 6) is -1.66. The second-order valence-corrected chi connectivity index (χ2v) is 8.77. The molecule has 0 bridgehead atoms. The number of nitrogens with one attached hydrogen (secondary N) is 1. The van der Waals surface area contributed by atoms with Crippen molar-refractivity contribution in [3.63, 3.8) is 0 Å². The maximum Gasteiger partial charge on any atom is 0.445 e. The number of carboxylic acid groups (broad SMARTS) is 1. The van der Waals surface area contributed by atoms with Gasteiger partial charge in [0.1, 0.15) is 6.04 Å². The van der Waals surface area contributed by atoms with Crippen LogP contribution in [0.2, 0.25) is 0 Å². The molecule has 0 rings (SSSR count). The van der Waals surface area contributed by atoms with Crippen LogP contribution in [0.1, 0.15) is 12.8 Å². The van der Waals surface area contributed by atoms with E-state index in [0.717, 1.165) is 0 Å². The average Bonchev–Trinajstić information content (AvgIpc) is 2.29. The summed E-state index contributed by atoms with van der Waals surface area (Å²) >= 11 is 0. The minimum Gasteiger partial charge on any atom is -0.480 e. The molecule has 8 heteroatoms. The Morgan fingerprint density at radius 2 is 1.90 bits per heavy atom. The average molecular weight is 306 g/mol. The fourth-order valence-corrected chi connectivity index (χ4v) is 1.74. The van der Waals surface area contributed by atoms with E-state index in [-0.39, 0.29) is 6.42 Å². The highest BCUT2D eigenvalue weighted by Gasteiger charge is 2.27. The van der Waals surface area contributed by atoms with Gasteiger partial charge in [-0.3, -0.25) is 4.52 Å². The molecule has 0 heterocycles. The van der Waals surface area contributed by atoms with E-state index >= 15 is 0 Å². The molecule has 2 N–H and O–H groups in total. The second-order valence-electron chi connectivity index (χ2n) is 4.81. The molecule has 0 aromatic rings. The molecule has 1 unspecified atom stereocenters. The largest absolute Gasteiger partial charge is 0.480 e. The molecule has 0 aliphatic rings.